The molecule has 2 N–H and O–H groups in total. The van der Waals surface area contributed by atoms with Gasteiger partial charge in [-0.25, -0.2) is 0 Å². The van der Waals surface area contributed by atoms with Gasteiger partial charge in [-0.05, 0) is 24.3 Å². The molecule has 0 aliphatic carbocycles. The molecule has 2 aliphatic heterocycles. The number of H-pyrrole nitrogens is 1. The van der Waals surface area contributed by atoms with E-state index < -0.39 is 0 Å². The number of amides is 1. The van der Waals surface area contributed by atoms with Crippen LogP contribution in [0.2, 0.25) is 0 Å². The van der Waals surface area contributed by atoms with Crippen LogP contribution in [0.1, 0.15) is 10.4 Å². The average Bonchev–Trinajstić information content (AvgIpc) is 3.57. The number of hydrogen-bond donors (Lipinski definition) is 2. The highest BCUT2D eigenvalue weighted by molar-refractivity contribution is 6.04. The van der Waals surface area contributed by atoms with Gasteiger partial charge in [-0.1, -0.05) is 0 Å². The minimum Gasteiger partial charge on any atom is -0.492 e. The lowest BCUT2D eigenvalue weighted by molar-refractivity contribution is 0.0322. The molecule has 0 atom stereocenters. The van der Waals surface area contributed by atoms with Gasteiger partial charge in [-0.2, -0.15) is 5.10 Å². The van der Waals surface area contributed by atoms with Gasteiger partial charge in [-0.3, -0.25) is 14.8 Å². The molecule has 2 aliphatic rings. The van der Waals surface area contributed by atoms with E-state index in [1.54, 1.807) is 24.5 Å². The van der Waals surface area contributed by atoms with E-state index in [1.807, 2.05) is 18.2 Å². The molecule has 4 heterocycles. The van der Waals surface area contributed by atoms with Crippen molar-refractivity contribution in [3.63, 3.8) is 0 Å². The Morgan fingerprint density at radius 1 is 1.06 bits per heavy atom. The molecule has 3 aromatic rings. The van der Waals surface area contributed by atoms with Crippen molar-refractivity contribution < 1.29 is 23.4 Å². The SMILES string of the molecule is O=C(Nc1cc(-c2ccco2)[nH]n1)c1cc(OCCN2CCOCC2)cc(N2CCOCC2)c1. The third kappa shape index (κ3) is 5.58. The molecule has 2 saturated heterocycles. The number of anilines is 2. The lowest BCUT2D eigenvalue weighted by Gasteiger charge is -2.29. The van der Waals surface area contributed by atoms with E-state index in [0.29, 0.717) is 48.4 Å². The first-order valence-electron chi connectivity index (χ1n) is 11.6. The van der Waals surface area contributed by atoms with Crippen LogP contribution < -0.4 is 15.0 Å². The van der Waals surface area contributed by atoms with Crippen molar-refractivity contribution in [1.82, 2.24) is 15.1 Å². The molecular formula is C24H29N5O5. The Morgan fingerprint density at radius 3 is 2.62 bits per heavy atom. The summed E-state index contributed by atoms with van der Waals surface area (Å²) in [6.07, 6.45) is 1.59. The van der Waals surface area contributed by atoms with Crippen molar-refractivity contribution in [1.29, 1.82) is 0 Å². The third-order valence-electron chi connectivity index (χ3n) is 5.92. The fourth-order valence-electron chi connectivity index (χ4n) is 4.05. The number of carbonyl (C=O) groups excluding carboxylic acids is 1. The second-order valence-electron chi connectivity index (χ2n) is 8.22. The molecule has 0 radical (unpaired) electrons. The van der Waals surface area contributed by atoms with Crippen LogP contribution in [-0.2, 0) is 9.47 Å². The lowest BCUT2D eigenvalue weighted by atomic mass is 10.1. The first-order valence-corrected chi connectivity index (χ1v) is 11.6. The Bertz CT molecular complexity index is 1070. The number of furan rings is 1. The molecule has 0 bridgehead atoms. The Balaban J connectivity index is 1.30. The second-order valence-corrected chi connectivity index (χ2v) is 8.22. The van der Waals surface area contributed by atoms with Crippen molar-refractivity contribution >= 4 is 17.4 Å². The Labute approximate surface area is 197 Å². The van der Waals surface area contributed by atoms with Crippen LogP contribution in [0, 0.1) is 0 Å². The molecule has 34 heavy (non-hydrogen) atoms. The van der Waals surface area contributed by atoms with E-state index in [0.717, 1.165) is 51.6 Å². The van der Waals surface area contributed by atoms with E-state index in [1.165, 1.54) is 0 Å². The van der Waals surface area contributed by atoms with E-state index in [-0.39, 0.29) is 5.91 Å². The number of hydrogen-bond acceptors (Lipinski definition) is 8. The van der Waals surface area contributed by atoms with Gasteiger partial charge in [0.1, 0.15) is 18.1 Å². The van der Waals surface area contributed by atoms with Crippen molar-refractivity contribution in [2.45, 2.75) is 0 Å². The number of aromatic amines is 1. The van der Waals surface area contributed by atoms with Crippen LogP contribution in [0.4, 0.5) is 11.5 Å². The number of morpholine rings is 2. The molecule has 180 valence electrons. The van der Waals surface area contributed by atoms with E-state index >= 15 is 0 Å². The molecule has 0 spiro atoms. The zero-order chi connectivity index (χ0) is 23.2. The Hall–Kier alpha value is -3.34. The van der Waals surface area contributed by atoms with Crippen LogP contribution in [-0.4, -0.2) is 86.8 Å². The van der Waals surface area contributed by atoms with Crippen molar-refractivity contribution in [3.05, 3.63) is 48.2 Å². The summed E-state index contributed by atoms with van der Waals surface area (Å²) >= 11 is 0. The molecule has 10 nitrogen and oxygen atoms in total. The maximum atomic E-state index is 13.1. The summed E-state index contributed by atoms with van der Waals surface area (Å²) in [7, 11) is 0. The molecule has 0 unspecified atom stereocenters. The summed E-state index contributed by atoms with van der Waals surface area (Å²) < 4.78 is 22.3. The number of carbonyl (C=O) groups is 1. The fourth-order valence-corrected chi connectivity index (χ4v) is 4.05. The first-order chi connectivity index (χ1) is 16.7. The van der Waals surface area contributed by atoms with Gasteiger partial charge in [0, 0.05) is 56.1 Å². The maximum Gasteiger partial charge on any atom is 0.257 e. The summed E-state index contributed by atoms with van der Waals surface area (Å²) in [5.74, 6) is 1.48. The number of rotatable bonds is 8. The molecule has 0 saturated carbocycles. The molecule has 10 heteroatoms. The van der Waals surface area contributed by atoms with Crippen molar-refractivity contribution in [2.75, 3.05) is 76.0 Å². The summed E-state index contributed by atoms with van der Waals surface area (Å²) in [6.45, 7) is 7.54. The number of benzene rings is 1. The van der Waals surface area contributed by atoms with Crippen LogP contribution >= 0.6 is 0 Å². The summed E-state index contributed by atoms with van der Waals surface area (Å²) in [4.78, 5) is 17.6. The van der Waals surface area contributed by atoms with Gasteiger partial charge >= 0.3 is 0 Å². The van der Waals surface area contributed by atoms with E-state index in [2.05, 4.69) is 25.3 Å². The minimum absolute atomic E-state index is 0.259. The molecule has 2 fully saturated rings. The monoisotopic (exact) mass is 467 g/mol. The van der Waals surface area contributed by atoms with Gasteiger partial charge in [0.15, 0.2) is 11.6 Å². The number of ether oxygens (including phenoxy) is 3. The minimum atomic E-state index is -0.259. The lowest BCUT2D eigenvalue weighted by Crippen LogP contribution is -2.38. The van der Waals surface area contributed by atoms with Gasteiger partial charge < -0.3 is 28.8 Å². The van der Waals surface area contributed by atoms with E-state index in [4.69, 9.17) is 18.6 Å². The van der Waals surface area contributed by atoms with Gasteiger partial charge in [-0.15, -0.1) is 0 Å². The third-order valence-corrected chi connectivity index (χ3v) is 5.92. The van der Waals surface area contributed by atoms with E-state index in [9.17, 15) is 4.79 Å². The second kappa shape index (κ2) is 10.7. The zero-order valence-electron chi connectivity index (χ0n) is 19.0. The van der Waals surface area contributed by atoms with Crippen LogP contribution in [0.3, 0.4) is 0 Å². The topological polar surface area (TPSA) is 105 Å². The largest absolute Gasteiger partial charge is 0.492 e. The normalized spacial score (nSPS) is 17.0. The van der Waals surface area contributed by atoms with Gasteiger partial charge in [0.05, 0.1) is 32.7 Å². The first kappa shape index (κ1) is 22.5. The highest BCUT2D eigenvalue weighted by Crippen LogP contribution is 2.26. The molecule has 1 amide bonds. The highest BCUT2D eigenvalue weighted by Gasteiger charge is 2.18. The number of aromatic nitrogens is 2. The van der Waals surface area contributed by atoms with Gasteiger partial charge in [0.2, 0.25) is 0 Å². The number of nitrogens with one attached hydrogen (secondary N) is 2. The average molecular weight is 468 g/mol. The standard InChI is InChI=1S/C24H29N5O5/c30-24(25-23-17-21(26-27-23)22-2-1-8-34-22)18-14-19(29-6-11-32-12-7-29)16-20(15-18)33-13-5-28-3-9-31-10-4-28/h1-2,8,14-17H,3-7,9-13H2,(H2,25,26,27,30). The van der Waals surface area contributed by atoms with Crippen LogP contribution in [0.25, 0.3) is 11.5 Å². The quantitative estimate of drug-likeness (QED) is 0.521. The summed E-state index contributed by atoms with van der Waals surface area (Å²) in [5.41, 5.74) is 2.14. The molecule has 5 rings (SSSR count). The summed E-state index contributed by atoms with van der Waals surface area (Å²) in [6, 6.07) is 11.0. The molecule has 1 aromatic carbocycles. The molecular weight excluding hydrogens is 438 g/mol. The van der Waals surface area contributed by atoms with Crippen LogP contribution in [0.5, 0.6) is 5.75 Å². The predicted molar refractivity (Wildman–Crippen MR) is 126 cm³/mol. The highest BCUT2D eigenvalue weighted by atomic mass is 16.5. The smallest absolute Gasteiger partial charge is 0.257 e. The van der Waals surface area contributed by atoms with Crippen molar-refractivity contribution in [3.8, 4) is 17.2 Å². The van der Waals surface area contributed by atoms with Crippen molar-refractivity contribution in [2.24, 2.45) is 0 Å². The summed E-state index contributed by atoms with van der Waals surface area (Å²) in [5, 5.41) is 9.92. The fraction of sp³-hybridized carbons (Fsp3) is 0.417. The van der Waals surface area contributed by atoms with Gasteiger partial charge in [0.25, 0.3) is 5.91 Å². The Morgan fingerprint density at radius 2 is 1.85 bits per heavy atom. The molecule has 2 aromatic heterocycles. The maximum absolute atomic E-state index is 13.1. The van der Waals surface area contributed by atoms with Crippen LogP contribution in [0.15, 0.2) is 47.1 Å². The number of nitrogens with zero attached hydrogens (tertiary/aromatic N) is 3. The Kier molecular flexibility index (Phi) is 7.08. The predicted octanol–water partition coefficient (Wildman–Crippen LogP) is 2.47. The zero-order valence-corrected chi connectivity index (χ0v) is 19.0.